The Morgan fingerprint density at radius 3 is 2.50 bits per heavy atom. The third-order valence-electron chi connectivity index (χ3n) is 4.71. The zero-order chi connectivity index (χ0) is 20.5. The summed E-state index contributed by atoms with van der Waals surface area (Å²) in [7, 11) is 1.56. The fraction of sp³-hybridized carbons (Fsp3) is 0.238. The predicted octanol–water partition coefficient (Wildman–Crippen LogP) is 3.66. The third kappa shape index (κ3) is 3.24. The van der Waals surface area contributed by atoms with Crippen LogP contribution in [0.15, 0.2) is 53.5 Å². The molecule has 3 rings (SSSR count). The Morgan fingerprint density at radius 2 is 1.93 bits per heavy atom. The van der Waals surface area contributed by atoms with Gasteiger partial charge < -0.3 is 10.5 Å². The van der Waals surface area contributed by atoms with E-state index < -0.39 is 12.2 Å². The highest BCUT2D eigenvalue weighted by atomic mass is 19.3. The molecule has 2 aromatic rings. The Hall–Kier alpha value is -3.22. The van der Waals surface area contributed by atoms with E-state index in [2.05, 4.69) is 9.73 Å². The summed E-state index contributed by atoms with van der Waals surface area (Å²) in [5, 5.41) is 0. The fourth-order valence-electron chi connectivity index (χ4n) is 3.35. The predicted molar refractivity (Wildman–Crippen MR) is 104 cm³/mol. The van der Waals surface area contributed by atoms with Gasteiger partial charge >= 0.3 is 6.61 Å². The molecule has 0 aliphatic carbocycles. The number of ether oxygens (including phenoxy) is 1. The van der Waals surface area contributed by atoms with E-state index in [-0.39, 0.29) is 17.6 Å². The van der Waals surface area contributed by atoms with Gasteiger partial charge in [0, 0.05) is 7.05 Å². The monoisotopic (exact) mass is 385 g/mol. The van der Waals surface area contributed by atoms with E-state index in [4.69, 9.17) is 5.73 Å². The van der Waals surface area contributed by atoms with Crippen molar-refractivity contribution in [1.82, 2.24) is 4.90 Å². The number of guanidine groups is 1. The molecule has 1 aliphatic heterocycles. The lowest BCUT2D eigenvalue weighted by molar-refractivity contribution is -0.129. The summed E-state index contributed by atoms with van der Waals surface area (Å²) in [5.74, 6) is -0.177. The fourth-order valence-corrected chi connectivity index (χ4v) is 3.35. The van der Waals surface area contributed by atoms with Gasteiger partial charge in [-0.1, -0.05) is 36.4 Å². The van der Waals surface area contributed by atoms with Crippen LogP contribution in [0.5, 0.6) is 5.75 Å². The quantitative estimate of drug-likeness (QED) is 0.854. The number of carbonyl (C=O) groups excluding carboxylic acids is 1. The van der Waals surface area contributed by atoms with Gasteiger partial charge in [0.2, 0.25) is 0 Å². The molecular weight excluding hydrogens is 364 g/mol. The summed E-state index contributed by atoms with van der Waals surface area (Å²) < 4.78 is 29.7. The topological polar surface area (TPSA) is 67.9 Å². The number of hydrogen-bond donors (Lipinski definition) is 1. The molecule has 1 atom stereocenters. The summed E-state index contributed by atoms with van der Waals surface area (Å²) in [5.41, 5.74) is 7.13. The van der Waals surface area contributed by atoms with E-state index in [9.17, 15) is 13.6 Å². The average molecular weight is 385 g/mol. The molecule has 1 unspecified atom stereocenters. The lowest BCUT2D eigenvalue weighted by atomic mass is 9.81. The maximum atomic E-state index is 13.2. The number of nitrogens with zero attached hydrogens (tertiary/aromatic N) is 2. The van der Waals surface area contributed by atoms with Crippen molar-refractivity contribution in [3.8, 4) is 5.75 Å². The number of allylic oxidation sites excluding steroid dienone is 1. The summed E-state index contributed by atoms with van der Waals surface area (Å²) in [6.07, 6.45) is 3.81. The van der Waals surface area contributed by atoms with E-state index in [0.29, 0.717) is 16.7 Å². The Morgan fingerprint density at radius 1 is 1.21 bits per heavy atom. The molecule has 2 N–H and O–H groups in total. The number of carbonyl (C=O) groups is 1. The van der Waals surface area contributed by atoms with Crippen molar-refractivity contribution in [3.63, 3.8) is 0 Å². The minimum absolute atomic E-state index is 0.0484. The minimum Gasteiger partial charge on any atom is -0.435 e. The zero-order valence-electron chi connectivity index (χ0n) is 15.8. The normalized spacial score (nSPS) is 19.6. The highest BCUT2D eigenvalue weighted by Gasteiger charge is 2.49. The van der Waals surface area contributed by atoms with E-state index in [1.54, 1.807) is 32.2 Å². The van der Waals surface area contributed by atoms with E-state index >= 15 is 0 Å². The van der Waals surface area contributed by atoms with Crippen LogP contribution in [0.2, 0.25) is 0 Å². The van der Waals surface area contributed by atoms with Gasteiger partial charge in [-0.25, -0.2) is 4.99 Å². The molecule has 0 saturated carbocycles. The highest BCUT2D eigenvalue weighted by molar-refractivity contribution is 6.09. The Balaban J connectivity index is 2.21. The van der Waals surface area contributed by atoms with Gasteiger partial charge in [0.25, 0.3) is 5.91 Å². The smallest absolute Gasteiger partial charge is 0.387 e. The number of aliphatic imine (C=N–C) groups is 1. The molecular formula is C21H21F2N3O2. The van der Waals surface area contributed by atoms with Gasteiger partial charge in [-0.3, -0.25) is 9.69 Å². The van der Waals surface area contributed by atoms with E-state index in [1.165, 1.54) is 11.0 Å². The maximum Gasteiger partial charge on any atom is 0.387 e. The van der Waals surface area contributed by atoms with Gasteiger partial charge in [-0.15, -0.1) is 0 Å². The molecule has 2 aromatic carbocycles. The Kier molecular flexibility index (Phi) is 5.18. The lowest BCUT2D eigenvalue weighted by Gasteiger charge is -2.27. The molecule has 146 valence electrons. The number of amides is 1. The summed E-state index contributed by atoms with van der Waals surface area (Å²) in [6, 6.07) is 12.1. The molecule has 5 nitrogen and oxygen atoms in total. The van der Waals surface area contributed by atoms with Crippen molar-refractivity contribution in [2.24, 2.45) is 10.7 Å². The van der Waals surface area contributed by atoms with Crippen LogP contribution in [-0.2, 0) is 10.3 Å². The molecule has 7 heteroatoms. The van der Waals surface area contributed by atoms with Crippen LogP contribution >= 0.6 is 0 Å². The van der Waals surface area contributed by atoms with Crippen LogP contribution in [0.25, 0.3) is 6.08 Å². The molecule has 0 radical (unpaired) electrons. The van der Waals surface area contributed by atoms with Gasteiger partial charge in [-0.05, 0) is 54.3 Å². The summed E-state index contributed by atoms with van der Waals surface area (Å²) in [6.45, 7) is 0.614. The first-order valence-electron chi connectivity index (χ1n) is 8.72. The second kappa shape index (κ2) is 7.42. The number of halogens is 2. The molecule has 0 spiro atoms. The van der Waals surface area contributed by atoms with Crippen LogP contribution < -0.4 is 10.5 Å². The molecule has 0 saturated heterocycles. The van der Waals surface area contributed by atoms with Crippen LogP contribution in [0.4, 0.5) is 8.78 Å². The number of rotatable bonds is 5. The largest absolute Gasteiger partial charge is 0.435 e. The number of likely N-dealkylation sites (N-methyl/N-ethyl adjacent to an activating group) is 1. The first-order chi connectivity index (χ1) is 13.3. The number of aryl methyl sites for hydroxylation is 1. The average Bonchev–Trinajstić information content (AvgIpc) is 2.88. The Bertz CT molecular complexity index is 972. The van der Waals surface area contributed by atoms with Gasteiger partial charge in [0.05, 0.1) is 0 Å². The highest BCUT2D eigenvalue weighted by Crippen LogP contribution is 2.41. The molecule has 0 fully saturated rings. The van der Waals surface area contributed by atoms with Crippen LogP contribution in [0, 0.1) is 6.92 Å². The number of alkyl halides is 2. The molecule has 1 aliphatic rings. The SMILES string of the molecule is CC=Cc1cccc(C2(c3ccc(OC(F)F)c(C)c3)N=C(N)N(C)C2=O)c1. The van der Waals surface area contributed by atoms with E-state index in [0.717, 1.165) is 5.56 Å². The van der Waals surface area contributed by atoms with Crippen LogP contribution in [0.1, 0.15) is 29.2 Å². The van der Waals surface area contributed by atoms with E-state index in [1.807, 2.05) is 37.3 Å². The summed E-state index contributed by atoms with van der Waals surface area (Å²) in [4.78, 5) is 19.0. The standard InChI is InChI=1S/C21H21F2N3O2/c1-4-6-14-7-5-8-15(12-14)21(18(27)26(3)20(24)25-21)16-9-10-17(13(2)11-16)28-19(22)23/h4-12,19H,1-3H3,(H2,24,25). The molecule has 0 aromatic heterocycles. The second-order valence-corrected chi connectivity index (χ2v) is 6.53. The van der Waals surface area contributed by atoms with Crippen molar-refractivity contribution in [3.05, 3.63) is 70.8 Å². The molecule has 1 amide bonds. The first-order valence-corrected chi connectivity index (χ1v) is 8.72. The molecule has 1 heterocycles. The third-order valence-corrected chi connectivity index (χ3v) is 4.71. The van der Waals surface area contributed by atoms with Crippen LogP contribution in [-0.4, -0.2) is 30.4 Å². The number of nitrogens with two attached hydrogens (primary N) is 1. The summed E-state index contributed by atoms with van der Waals surface area (Å²) >= 11 is 0. The van der Waals surface area contributed by atoms with Crippen molar-refractivity contribution >= 4 is 17.9 Å². The zero-order valence-corrected chi connectivity index (χ0v) is 15.8. The molecule has 28 heavy (non-hydrogen) atoms. The second-order valence-electron chi connectivity index (χ2n) is 6.53. The Labute approximate surface area is 162 Å². The van der Waals surface area contributed by atoms with Crippen LogP contribution in [0.3, 0.4) is 0 Å². The van der Waals surface area contributed by atoms with Gasteiger partial charge in [0.15, 0.2) is 11.5 Å². The lowest BCUT2D eigenvalue weighted by Crippen LogP contribution is -2.41. The van der Waals surface area contributed by atoms with Crippen molar-refractivity contribution in [2.75, 3.05) is 7.05 Å². The maximum absolute atomic E-state index is 13.2. The number of hydrogen-bond acceptors (Lipinski definition) is 4. The van der Waals surface area contributed by atoms with Crippen molar-refractivity contribution < 1.29 is 18.3 Å². The minimum atomic E-state index is -2.93. The van der Waals surface area contributed by atoms with Crippen molar-refractivity contribution in [1.29, 1.82) is 0 Å². The van der Waals surface area contributed by atoms with Gasteiger partial charge in [0.1, 0.15) is 5.75 Å². The van der Waals surface area contributed by atoms with Gasteiger partial charge in [-0.2, -0.15) is 8.78 Å². The first kappa shape index (κ1) is 19.5. The molecule has 0 bridgehead atoms. The van der Waals surface area contributed by atoms with Crippen molar-refractivity contribution in [2.45, 2.75) is 26.0 Å². The number of benzene rings is 2.